The maximum atomic E-state index is 13.4. The van der Waals surface area contributed by atoms with Gasteiger partial charge in [-0.25, -0.2) is 14.1 Å². The number of nitrogens with one attached hydrogen (secondary N) is 2. The molecule has 1 saturated heterocycles. The summed E-state index contributed by atoms with van der Waals surface area (Å²) >= 11 is 0. The number of quaternary nitrogens is 1. The number of imide groups is 1. The van der Waals surface area contributed by atoms with Gasteiger partial charge in [-0.2, -0.15) is 0 Å². The molecule has 1 aliphatic carbocycles. The summed E-state index contributed by atoms with van der Waals surface area (Å²) in [4.78, 5) is 28.0. The van der Waals surface area contributed by atoms with Gasteiger partial charge >= 0.3 is 6.03 Å². The highest BCUT2D eigenvalue weighted by Crippen LogP contribution is 2.44. The summed E-state index contributed by atoms with van der Waals surface area (Å²) < 4.78 is 13.4. The van der Waals surface area contributed by atoms with Gasteiger partial charge in [0.1, 0.15) is 17.9 Å². The normalized spacial score (nSPS) is 26.6. The van der Waals surface area contributed by atoms with Crippen LogP contribution in [0.15, 0.2) is 24.3 Å². The van der Waals surface area contributed by atoms with E-state index in [4.69, 9.17) is 0 Å². The Labute approximate surface area is 167 Å². The second-order valence-corrected chi connectivity index (χ2v) is 9.28. The number of halogens is 1. The largest absolute Gasteiger partial charge is 0.329 e. The molecule has 154 valence electrons. The SMILES string of the molecule is CCC(C)(C)C1CCC2(CC1)NC(=O)N(C[NH+](C)Cc1cccc(F)c1)C2=O. The number of carbonyl (C=O) groups excluding carboxylic acids is 2. The van der Waals surface area contributed by atoms with Crippen molar-refractivity contribution in [1.29, 1.82) is 0 Å². The smallest absolute Gasteiger partial charge is 0.323 e. The predicted octanol–water partition coefficient (Wildman–Crippen LogP) is 2.71. The number of hydrogen-bond acceptors (Lipinski definition) is 2. The molecule has 1 aromatic carbocycles. The van der Waals surface area contributed by atoms with Gasteiger partial charge < -0.3 is 10.2 Å². The van der Waals surface area contributed by atoms with Crippen molar-refractivity contribution in [3.05, 3.63) is 35.6 Å². The second kappa shape index (κ2) is 7.82. The third-order valence-corrected chi connectivity index (χ3v) is 6.92. The Hall–Kier alpha value is -1.95. The van der Waals surface area contributed by atoms with Crippen molar-refractivity contribution >= 4 is 11.9 Å². The number of benzene rings is 1. The fourth-order valence-electron chi connectivity index (χ4n) is 4.66. The lowest BCUT2D eigenvalue weighted by molar-refractivity contribution is -0.901. The van der Waals surface area contributed by atoms with E-state index < -0.39 is 5.54 Å². The van der Waals surface area contributed by atoms with E-state index in [2.05, 4.69) is 26.1 Å². The fraction of sp³-hybridized carbons (Fsp3) is 0.636. The maximum absolute atomic E-state index is 13.4. The summed E-state index contributed by atoms with van der Waals surface area (Å²) in [6, 6.07) is 6.15. The molecule has 2 N–H and O–H groups in total. The van der Waals surface area contributed by atoms with Crippen molar-refractivity contribution in [1.82, 2.24) is 10.2 Å². The first-order chi connectivity index (χ1) is 13.2. The number of amides is 3. The first-order valence-corrected chi connectivity index (χ1v) is 10.4. The Kier molecular flexibility index (Phi) is 5.80. The van der Waals surface area contributed by atoms with Gasteiger partial charge in [0.2, 0.25) is 0 Å². The molecule has 6 heteroatoms. The summed E-state index contributed by atoms with van der Waals surface area (Å²) in [5, 5.41) is 3.00. The van der Waals surface area contributed by atoms with Crippen LogP contribution in [0.4, 0.5) is 9.18 Å². The summed E-state index contributed by atoms with van der Waals surface area (Å²) in [5.74, 6) is 0.220. The molecule has 3 amide bonds. The Bertz CT molecular complexity index is 741. The van der Waals surface area contributed by atoms with Crippen molar-refractivity contribution in [3.63, 3.8) is 0 Å². The number of rotatable bonds is 6. The summed E-state index contributed by atoms with van der Waals surface area (Å²) in [6.45, 7) is 7.64. The van der Waals surface area contributed by atoms with Crippen LogP contribution in [0.3, 0.4) is 0 Å². The average Bonchev–Trinajstić information content (AvgIpc) is 2.86. The summed E-state index contributed by atoms with van der Waals surface area (Å²) in [7, 11) is 1.91. The van der Waals surface area contributed by atoms with Crippen molar-refractivity contribution in [2.45, 2.75) is 65.0 Å². The van der Waals surface area contributed by atoms with Crippen LogP contribution in [0.2, 0.25) is 0 Å². The molecular formula is C22H33FN3O2+. The molecule has 2 fully saturated rings. The predicted molar refractivity (Wildman–Crippen MR) is 106 cm³/mol. The molecular weight excluding hydrogens is 357 g/mol. The van der Waals surface area contributed by atoms with Crippen LogP contribution in [-0.4, -0.2) is 36.1 Å². The van der Waals surface area contributed by atoms with E-state index in [0.29, 0.717) is 25.3 Å². The monoisotopic (exact) mass is 390 g/mol. The van der Waals surface area contributed by atoms with Crippen LogP contribution in [0.1, 0.15) is 58.4 Å². The minimum atomic E-state index is -0.726. The standard InChI is InChI=1S/C22H32FN3O2/c1-5-21(2,3)17-9-11-22(12-10-17)19(27)26(20(28)24-22)15-25(4)14-16-7-6-8-18(23)13-16/h6-8,13,17H,5,9-12,14-15H2,1-4H3,(H,24,28)/p+1. The van der Waals surface area contributed by atoms with Crippen LogP contribution in [0, 0.1) is 17.2 Å². The van der Waals surface area contributed by atoms with Gasteiger partial charge in [-0.15, -0.1) is 0 Å². The third-order valence-electron chi connectivity index (χ3n) is 6.92. The highest BCUT2D eigenvalue weighted by atomic mass is 19.1. The second-order valence-electron chi connectivity index (χ2n) is 9.28. The lowest BCUT2D eigenvalue weighted by Gasteiger charge is -2.42. The van der Waals surface area contributed by atoms with Crippen molar-refractivity contribution in [3.8, 4) is 0 Å². The van der Waals surface area contributed by atoms with Gasteiger partial charge in [0, 0.05) is 5.56 Å². The molecule has 1 saturated carbocycles. The molecule has 1 aliphatic heterocycles. The highest BCUT2D eigenvalue weighted by molar-refractivity contribution is 6.06. The Morgan fingerprint density at radius 2 is 1.96 bits per heavy atom. The van der Waals surface area contributed by atoms with Gasteiger partial charge in [-0.1, -0.05) is 39.3 Å². The third kappa shape index (κ3) is 4.07. The van der Waals surface area contributed by atoms with Crippen LogP contribution in [0.5, 0.6) is 0 Å². The van der Waals surface area contributed by atoms with Crippen LogP contribution in [0.25, 0.3) is 0 Å². The van der Waals surface area contributed by atoms with Gasteiger partial charge in [-0.05, 0) is 49.1 Å². The van der Waals surface area contributed by atoms with Gasteiger partial charge in [0.25, 0.3) is 5.91 Å². The first kappa shape index (κ1) is 20.8. The Morgan fingerprint density at radius 1 is 1.29 bits per heavy atom. The molecule has 5 nitrogen and oxygen atoms in total. The minimum absolute atomic E-state index is 0.0937. The van der Waals surface area contributed by atoms with Crippen molar-refractivity contribution in [2.75, 3.05) is 13.7 Å². The molecule has 28 heavy (non-hydrogen) atoms. The molecule has 0 aromatic heterocycles. The molecule has 1 heterocycles. The zero-order valence-corrected chi connectivity index (χ0v) is 17.5. The lowest BCUT2D eigenvalue weighted by Crippen LogP contribution is -3.09. The van der Waals surface area contributed by atoms with E-state index in [1.165, 1.54) is 17.0 Å². The van der Waals surface area contributed by atoms with Crippen molar-refractivity contribution in [2.24, 2.45) is 11.3 Å². The van der Waals surface area contributed by atoms with Gasteiger partial charge in [0.15, 0.2) is 6.67 Å². The first-order valence-electron chi connectivity index (χ1n) is 10.4. The number of hydrogen-bond donors (Lipinski definition) is 2. The van der Waals surface area contributed by atoms with E-state index in [1.54, 1.807) is 6.07 Å². The number of nitrogens with zero attached hydrogens (tertiary/aromatic N) is 1. The molecule has 1 spiro atoms. The topological polar surface area (TPSA) is 53.9 Å². The molecule has 1 atom stereocenters. The van der Waals surface area contributed by atoms with Crippen LogP contribution in [-0.2, 0) is 11.3 Å². The van der Waals surface area contributed by atoms with Gasteiger partial charge in [0.05, 0.1) is 7.05 Å². The minimum Gasteiger partial charge on any atom is -0.323 e. The Morgan fingerprint density at radius 3 is 2.57 bits per heavy atom. The van der Waals surface area contributed by atoms with Crippen LogP contribution >= 0.6 is 0 Å². The lowest BCUT2D eigenvalue weighted by atomic mass is 9.65. The van der Waals surface area contributed by atoms with Gasteiger partial charge in [-0.3, -0.25) is 4.79 Å². The quantitative estimate of drug-likeness (QED) is 0.734. The average molecular weight is 391 g/mol. The number of urea groups is 1. The highest BCUT2D eigenvalue weighted by Gasteiger charge is 2.54. The molecule has 3 rings (SSSR count). The zero-order valence-electron chi connectivity index (χ0n) is 17.5. The summed E-state index contributed by atoms with van der Waals surface area (Å²) in [5.41, 5.74) is 0.389. The summed E-state index contributed by atoms with van der Waals surface area (Å²) in [6.07, 6.45) is 4.47. The molecule has 1 unspecified atom stereocenters. The fourth-order valence-corrected chi connectivity index (χ4v) is 4.66. The van der Waals surface area contributed by atoms with E-state index >= 15 is 0 Å². The molecule has 0 radical (unpaired) electrons. The van der Waals surface area contributed by atoms with E-state index in [9.17, 15) is 14.0 Å². The maximum Gasteiger partial charge on any atom is 0.329 e. The van der Waals surface area contributed by atoms with Crippen molar-refractivity contribution < 1.29 is 18.9 Å². The van der Waals surface area contributed by atoms with E-state index in [1.807, 2.05) is 13.1 Å². The molecule has 2 aliphatic rings. The zero-order chi connectivity index (χ0) is 20.5. The van der Waals surface area contributed by atoms with E-state index in [0.717, 1.165) is 29.7 Å². The molecule has 1 aromatic rings. The van der Waals surface area contributed by atoms with Crippen LogP contribution < -0.4 is 10.2 Å². The number of carbonyl (C=O) groups is 2. The molecule has 0 bridgehead atoms. The Balaban J connectivity index is 1.62. The van der Waals surface area contributed by atoms with E-state index in [-0.39, 0.29) is 29.8 Å².